The lowest BCUT2D eigenvalue weighted by Crippen LogP contribution is -1.85. The van der Waals surface area contributed by atoms with Crippen LogP contribution < -0.4 is 0 Å². The van der Waals surface area contributed by atoms with Gasteiger partial charge in [-0.1, -0.05) is 11.6 Å². The van der Waals surface area contributed by atoms with Gasteiger partial charge in [0.25, 0.3) is 0 Å². The third kappa shape index (κ3) is 1.77. The fourth-order valence-corrected chi connectivity index (χ4v) is 2.12. The van der Waals surface area contributed by atoms with Crippen molar-refractivity contribution in [1.29, 1.82) is 0 Å². The highest BCUT2D eigenvalue weighted by molar-refractivity contribution is 7.13. The molecule has 2 rings (SSSR count). The van der Waals surface area contributed by atoms with Crippen molar-refractivity contribution in [2.24, 2.45) is 0 Å². The molecule has 0 saturated heterocycles. The SMILES string of the molecule is OCc1csc(-c2ncccc2Cl)n1. The van der Waals surface area contributed by atoms with Crippen LogP contribution in [0.15, 0.2) is 23.7 Å². The molecule has 14 heavy (non-hydrogen) atoms. The van der Waals surface area contributed by atoms with Crippen LogP contribution in [0.5, 0.6) is 0 Å². The number of pyridine rings is 1. The highest BCUT2D eigenvalue weighted by atomic mass is 35.5. The van der Waals surface area contributed by atoms with Crippen molar-refractivity contribution in [2.75, 3.05) is 0 Å². The number of hydrogen-bond donors (Lipinski definition) is 1. The maximum Gasteiger partial charge on any atom is 0.143 e. The lowest BCUT2D eigenvalue weighted by Gasteiger charge is -1.96. The Hall–Kier alpha value is -0.970. The predicted molar refractivity (Wildman–Crippen MR) is 56.3 cm³/mol. The first-order valence-electron chi connectivity index (χ1n) is 3.97. The van der Waals surface area contributed by atoms with Gasteiger partial charge in [0.1, 0.15) is 10.7 Å². The molecule has 2 aromatic heterocycles. The molecule has 0 unspecified atom stereocenters. The smallest absolute Gasteiger partial charge is 0.143 e. The molecule has 5 heteroatoms. The normalized spacial score (nSPS) is 10.4. The summed E-state index contributed by atoms with van der Waals surface area (Å²) in [6.07, 6.45) is 1.67. The van der Waals surface area contributed by atoms with E-state index in [2.05, 4.69) is 9.97 Å². The molecule has 0 aliphatic carbocycles. The molecule has 2 heterocycles. The quantitative estimate of drug-likeness (QED) is 0.855. The third-order valence-corrected chi connectivity index (χ3v) is 2.88. The van der Waals surface area contributed by atoms with Crippen LogP contribution in [0.4, 0.5) is 0 Å². The van der Waals surface area contributed by atoms with E-state index < -0.39 is 0 Å². The minimum atomic E-state index is -0.0546. The van der Waals surface area contributed by atoms with Crippen LogP contribution in [-0.2, 0) is 6.61 Å². The van der Waals surface area contributed by atoms with Crippen LogP contribution in [0.2, 0.25) is 5.02 Å². The molecule has 0 radical (unpaired) electrons. The van der Waals surface area contributed by atoms with Crippen molar-refractivity contribution in [3.63, 3.8) is 0 Å². The van der Waals surface area contributed by atoms with Crippen LogP contribution in [0.3, 0.4) is 0 Å². The van der Waals surface area contributed by atoms with Gasteiger partial charge in [-0.05, 0) is 12.1 Å². The van der Waals surface area contributed by atoms with E-state index in [1.165, 1.54) is 11.3 Å². The maximum atomic E-state index is 8.86. The van der Waals surface area contributed by atoms with Crippen molar-refractivity contribution >= 4 is 22.9 Å². The van der Waals surface area contributed by atoms with E-state index >= 15 is 0 Å². The Balaban J connectivity index is 2.44. The molecular weight excluding hydrogens is 220 g/mol. The van der Waals surface area contributed by atoms with Crippen LogP contribution in [0.25, 0.3) is 10.7 Å². The van der Waals surface area contributed by atoms with Crippen molar-refractivity contribution < 1.29 is 5.11 Å². The number of aromatic nitrogens is 2. The van der Waals surface area contributed by atoms with Crippen LogP contribution in [0.1, 0.15) is 5.69 Å². The predicted octanol–water partition coefficient (Wildman–Crippen LogP) is 2.35. The summed E-state index contributed by atoms with van der Waals surface area (Å²) in [4.78, 5) is 8.31. The van der Waals surface area contributed by atoms with Gasteiger partial charge in [0.15, 0.2) is 0 Å². The standard InChI is InChI=1S/C9H7ClN2OS/c10-7-2-1-3-11-8(7)9-12-6(4-13)5-14-9/h1-3,5,13H,4H2. The van der Waals surface area contributed by atoms with E-state index in [1.807, 2.05) is 0 Å². The molecule has 0 fully saturated rings. The largest absolute Gasteiger partial charge is 0.390 e. The van der Waals surface area contributed by atoms with Gasteiger partial charge in [0.2, 0.25) is 0 Å². The van der Waals surface area contributed by atoms with E-state index in [9.17, 15) is 0 Å². The van der Waals surface area contributed by atoms with E-state index in [-0.39, 0.29) is 6.61 Å². The maximum absolute atomic E-state index is 8.86. The number of hydrogen-bond acceptors (Lipinski definition) is 4. The minimum absolute atomic E-state index is 0.0546. The lowest BCUT2D eigenvalue weighted by atomic mass is 10.3. The number of nitrogens with zero attached hydrogens (tertiary/aromatic N) is 2. The fourth-order valence-electron chi connectivity index (χ4n) is 1.03. The summed E-state index contributed by atoms with van der Waals surface area (Å²) in [5.74, 6) is 0. The summed E-state index contributed by atoms with van der Waals surface area (Å²) in [6, 6.07) is 3.54. The minimum Gasteiger partial charge on any atom is -0.390 e. The fraction of sp³-hybridized carbons (Fsp3) is 0.111. The van der Waals surface area contributed by atoms with Gasteiger partial charge < -0.3 is 5.11 Å². The molecular formula is C9H7ClN2OS. The molecule has 3 nitrogen and oxygen atoms in total. The molecule has 0 aromatic carbocycles. The molecule has 0 atom stereocenters. The molecule has 0 aliphatic rings. The Kier molecular flexibility index (Phi) is 2.77. The zero-order valence-electron chi connectivity index (χ0n) is 7.14. The van der Waals surface area contributed by atoms with Crippen molar-refractivity contribution in [1.82, 2.24) is 9.97 Å². The molecule has 0 aliphatic heterocycles. The van der Waals surface area contributed by atoms with Crippen molar-refractivity contribution in [3.8, 4) is 10.7 Å². The summed E-state index contributed by atoms with van der Waals surface area (Å²) < 4.78 is 0. The van der Waals surface area contributed by atoms with Crippen molar-refractivity contribution in [3.05, 3.63) is 34.4 Å². The van der Waals surface area contributed by atoms with E-state index in [4.69, 9.17) is 16.7 Å². The Morgan fingerprint density at radius 2 is 2.36 bits per heavy atom. The number of aliphatic hydroxyl groups excluding tert-OH is 1. The zero-order chi connectivity index (χ0) is 9.97. The second kappa shape index (κ2) is 4.04. The number of aliphatic hydroxyl groups is 1. The highest BCUT2D eigenvalue weighted by Gasteiger charge is 2.08. The zero-order valence-corrected chi connectivity index (χ0v) is 8.72. The van der Waals surface area contributed by atoms with Crippen LogP contribution in [-0.4, -0.2) is 15.1 Å². The molecule has 1 N–H and O–H groups in total. The second-order valence-electron chi connectivity index (χ2n) is 2.64. The monoisotopic (exact) mass is 226 g/mol. The second-order valence-corrected chi connectivity index (χ2v) is 3.90. The third-order valence-electron chi connectivity index (χ3n) is 1.67. The van der Waals surface area contributed by atoms with Crippen molar-refractivity contribution in [2.45, 2.75) is 6.61 Å². The van der Waals surface area contributed by atoms with Gasteiger partial charge in [0, 0.05) is 11.6 Å². The average Bonchev–Trinajstić information content (AvgIpc) is 2.67. The van der Waals surface area contributed by atoms with E-state index in [0.29, 0.717) is 16.4 Å². The lowest BCUT2D eigenvalue weighted by molar-refractivity contribution is 0.278. The summed E-state index contributed by atoms with van der Waals surface area (Å²) in [7, 11) is 0. The number of halogens is 1. The Bertz CT molecular complexity index is 444. The van der Waals surface area contributed by atoms with Crippen LogP contribution >= 0.6 is 22.9 Å². The first-order valence-corrected chi connectivity index (χ1v) is 5.23. The van der Waals surface area contributed by atoms with Gasteiger partial charge in [-0.15, -0.1) is 11.3 Å². The summed E-state index contributed by atoms with van der Waals surface area (Å²) >= 11 is 7.38. The topological polar surface area (TPSA) is 46.0 Å². The molecule has 2 aromatic rings. The first-order chi connectivity index (χ1) is 6.81. The highest BCUT2D eigenvalue weighted by Crippen LogP contribution is 2.27. The van der Waals surface area contributed by atoms with Gasteiger partial charge >= 0.3 is 0 Å². The Labute approximate surface area is 90.0 Å². The summed E-state index contributed by atoms with van der Waals surface area (Å²) in [5.41, 5.74) is 1.31. The molecule has 0 bridgehead atoms. The number of rotatable bonds is 2. The molecule has 0 saturated carbocycles. The Morgan fingerprint density at radius 3 is 3.00 bits per heavy atom. The van der Waals surface area contributed by atoms with Gasteiger partial charge in [-0.25, -0.2) is 4.98 Å². The summed E-state index contributed by atoms with van der Waals surface area (Å²) in [5, 5.41) is 12.0. The van der Waals surface area contributed by atoms with Gasteiger partial charge in [-0.2, -0.15) is 0 Å². The first kappa shape index (κ1) is 9.58. The Morgan fingerprint density at radius 1 is 1.50 bits per heavy atom. The molecule has 0 spiro atoms. The summed E-state index contributed by atoms with van der Waals surface area (Å²) in [6.45, 7) is -0.0546. The van der Waals surface area contributed by atoms with Gasteiger partial charge in [-0.3, -0.25) is 4.98 Å². The average molecular weight is 227 g/mol. The number of thiazole rings is 1. The van der Waals surface area contributed by atoms with E-state index in [1.54, 1.807) is 23.7 Å². The molecule has 0 amide bonds. The van der Waals surface area contributed by atoms with E-state index in [0.717, 1.165) is 5.01 Å². The molecule has 72 valence electrons. The van der Waals surface area contributed by atoms with Crippen LogP contribution in [0, 0.1) is 0 Å². The van der Waals surface area contributed by atoms with Gasteiger partial charge in [0.05, 0.1) is 17.3 Å².